The summed E-state index contributed by atoms with van der Waals surface area (Å²) in [6, 6.07) is 10.7. The Bertz CT molecular complexity index is 992. The summed E-state index contributed by atoms with van der Waals surface area (Å²) in [6.45, 7) is 4.04. The highest BCUT2D eigenvalue weighted by Crippen LogP contribution is 2.35. The van der Waals surface area contributed by atoms with Crippen LogP contribution in [0.2, 0.25) is 0 Å². The van der Waals surface area contributed by atoms with E-state index in [-0.39, 0.29) is 16.5 Å². The quantitative estimate of drug-likeness (QED) is 0.487. The lowest BCUT2D eigenvalue weighted by molar-refractivity contribution is -0.384. The molecule has 0 N–H and O–H groups in total. The fourth-order valence-electron chi connectivity index (χ4n) is 4.64. The number of ether oxygens (including phenoxy) is 2. The van der Waals surface area contributed by atoms with E-state index < -0.39 is 0 Å². The molecular weight excluding hydrogens is 424 g/mol. The number of hydrogen-bond donors (Lipinski definition) is 0. The highest BCUT2D eigenvalue weighted by Gasteiger charge is 2.28. The van der Waals surface area contributed by atoms with Crippen LogP contribution in [0.3, 0.4) is 0 Å². The molecule has 2 saturated heterocycles. The third-order valence-corrected chi connectivity index (χ3v) is 6.43. The average Bonchev–Trinajstić information content (AvgIpc) is 2.87. The lowest BCUT2D eigenvalue weighted by atomic mass is 10.1. The van der Waals surface area contributed by atoms with Crippen LogP contribution in [-0.4, -0.2) is 69.2 Å². The van der Waals surface area contributed by atoms with E-state index in [9.17, 15) is 14.9 Å². The summed E-state index contributed by atoms with van der Waals surface area (Å²) in [7, 11) is 3.08. The van der Waals surface area contributed by atoms with Crippen molar-refractivity contribution in [1.82, 2.24) is 4.90 Å². The van der Waals surface area contributed by atoms with Crippen LogP contribution in [0.4, 0.5) is 17.1 Å². The number of nitro benzene ring substituents is 1. The minimum atomic E-state index is -0.301. The lowest BCUT2D eigenvalue weighted by Gasteiger charge is -2.37. The Hall–Kier alpha value is -3.49. The van der Waals surface area contributed by atoms with E-state index in [0.29, 0.717) is 48.9 Å². The number of piperidine rings is 1. The molecular formula is C24H30N4O5. The smallest absolute Gasteiger partial charge is 0.292 e. The second kappa shape index (κ2) is 9.97. The number of piperazine rings is 1. The third kappa shape index (κ3) is 4.67. The molecule has 2 aliphatic heterocycles. The maximum absolute atomic E-state index is 13.2. The van der Waals surface area contributed by atoms with Crippen LogP contribution >= 0.6 is 0 Å². The molecule has 1 amide bonds. The Morgan fingerprint density at radius 1 is 0.879 bits per heavy atom. The molecule has 0 spiro atoms. The number of benzene rings is 2. The Morgan fingerprint density at radius 2 is 1.52 bits per heavy atom. The van der Waals surface area contributed by atoms with Crippen molar-refractivity contribution in [2.24, 2.45) is 0 Å². The maximum Gasteiger partial charge on any atom is 0.292 e. The Labute approximate surface area is 193 Å². The van der Waals surface area contributed by atoms with E-state index in [1.54, 1.807) is 29.2 Å². The first kappa shape index (κ1) is 22.7. The third-order valence-electron chi connectivity index (χ3n) is 6.43. The number of carbonyl (C=O) groups is 1. The molecule has 4 rings (SSSR count). The number of nitro groups is 1. The molecule has 9 nitrogen and oxygen atoms in total. The Morgan fingerprint density at radius 3 is 2.09 bits per heavy atom. The van der Waals surface area contributed by atoms with E-state index in [1.165, 1.54) is 14.2 Å². The van der Waals surface area contributed by atoms with Gasteiger partial charge in [-0.2, -0.15) is 0 Å². The van der Waals surface area contributed by atoms with Gasteiger partial charge >= 0.3 is 0 Å². The van der Waals surface area contributed by atoms with Gasteiger partial charge in [0.15, 0.2) is 0 Å². The molecule has 0 aliphatic carbocycles. The van der Waals surface area contributed by atoms with E-state index in [2.05, 4.69) is 9.80 Å². The molecule has 9 heteroatoms. The zero-order chi connectivity index (χ0) is 23.4. The van der Waals surface area contributed by atoms with E-state index in [1.807, 2.05) is 12.1 Å². The summed E-state index contributed by atoms with van der Waals surface area (Å²) in [5, 5.41) is 11.6. The average molecular weight is 455 g/mol. The van der Waals surface area contributed by atoms with Gasteiger partial charge in [0.25, 0.3) is 11.6 Å². The Kier molecular flexibility index (Phi) is 6.86. The zero-order valence-corrected chi connectivity index (χ0v) is 19.2. The van der Waals surface area contributed by atoms with Gasteiger partial charge in [0.2, 0.25) is 0 Å². The number of carbonyl (C=O) groups excluding carboxylic acids is 1. The van der Waals surface area contributed by atoms with Crippen LogP contribution in [0.15, 0.2) is 36.4 Å². The molecule has 2 aromatic carbocycles. The van der Waals surface area contributed by atoms with Crippen molar-refractivity contribution in [3.8, 4) is 11.5 Å². The molecule has 0 atom stereocenters. The predicted molar refractivity (Wildman–Crippen MR) is 127 cm³/mol. The standard InChI is InChI=1S/C24H30N4O5/c1-32-21-7-6-8-22(33-2)23(21)24(29)27-15-13-25(14-16-27)18-9-10-19(28(30)31)20(17-18)26-11-4-3-5-12-26/h6-10,17H,3-5,11-16H2,1-2H3. The Balaban J connectivity index is 1.50. The van der Waals surface area contributed by atoms with Crippen molar-refractivity contribution in [2.45, 2.75) is 19.3 Å². The molecule has 0 unspecified atom stereocenters. The van der Waals surface area contributed by atoms with Crippen molar-refractivity contribution < 1.29 is 19.2 Å². The first-order valence-electron chi connectivity index (χ1n) is 11.3. The molecule has 2 heterocycles. The molecule has 0 bridgehead atoms. The molecule has 176 valence electrons. The molecule has 2 fully saturated rings. The summed E-state index contributed by atoms with van der Waals surface area (Å²) >= 11 is 0. The summed E-state index contributed by atoms with van der Waals surface area (Å²) in [5.74, 6) is 0.855. The molecule has 0 radical (unpaired) electrons. The number of amides is 1. The second-order valence-electron chi connectivity index (χ2n) is 8.29. The molecule has 2 aliphatic rings. The van der Waals surface area contributed by atoms with Gasteiger partial charge in [-0.1, -0.05) is 6.07 Å². The zero-order valence-electron chi connectivity index (χ0n) is 19.2. The van der Waals surface area contributed by atoms with Crippen LogP contribution in [0.5, 0.6) is 11.5 Å². The monoisotopic (exact) mass is 454 g/mol. The second-order valence-corrected chi connectivity index (χ2v) is 8.29. The molecule has 2 aromatic rings. The number of rotatable bonds is 6. The highest BCUT2D eigenvalue weighted by molar-refractivity contribution is 6.00. The van der Waals surface area contributed by atoms with Crippen LogP contribution in [0.25, 0.3) is 0 Å². The van der Waals surface area contributed by atoms with Crippen molar-refractivity contribution in [3.63, 3.8) is 0 Å². The van der Waals surface area contributed by atoms with Gasteiger partial charge < -0.3 is 24.2 Å². The van der Waals surface area contributed by atoms with Crippen LogP contribution < -0.4 is 19.3 Å². The largest absolute Gasteiger partial charge is 0.496 e. The van der Waals surface area contributed by atoms with Crippen molar-refractivity contribution in [2.75, 3.05) is 63.3 Å². The van der Waals surface area contributed by atoms with Gasteiger partial charge in [-0.15, -0.1) is 0 Å². The number of hydrogen-bond acceptors (Lipinski definition) is 7. The van der Waals surface area contributed by atoms with Crippen LogP contribution in [0.1, 0.15) is 29.6 Å². The lowest BCUT2D eigenvalue weighted by Crippen LogP contribution is -2.49. The minimum Gasteiger partial charge on any atom is -0.496 e. The SMILES string of the molecule is COc1cccc(OC)c1C(=O)N1CCN(c2ccc([N+](=O)[O-])c(N3CCCCC3)c2)CC1. The molecule has 33 heavy (non-hydrogen) atoms. The summed E-state index contributed by atoms with van der Waals surface area (Å²) in [6.07, 6.45) is 3.26. The van der Waals surface area contributed by atoms with Crippen molar-refractivity contribution >= 4 is 23.0 Å². The number of nitrogens with zero attached hydrogens (tertiary/aromatic N) is 4. The summed E-state index contributed by atoms with van der Waals surface area (Å²) in [5.41, 5.74) is 2.22. The van der Waals surface area contributed by atoms with Gasteiger partial charge in [0.05, 0.1) is 19.1 Å². The maximum atomic E-state index is 13.2. The molecule has 0 saturated carbocycles. The fraction of sp³-hybridized carbons (Fsp3) is 0.458. The fourth-order valence-corrected chi connectivity index (χ4v) is 4.64. The topological polar surface area (TPSA) is 88.4 Å². The number of methoxy groups -OCH3 is 2. The highest BCUT2D eigenvalue weighted by atomic mass is 16.6. The van der Waals surface area contributed by atoms with Gasteiger partial charge in [-0.25, -0.2) is 0 Å². The van der Waals surface area contributed by atoms with E-state index in [4.69, 9.17) is 9.47 Å². The first-order valence-corrected chi connectivity index (χ1v) is 11.3. The first-order chi connectivity index (χ1) is 16.0. The van der Waals surface area contributed by atoms with Gasteiger partial charge in [0.1, 0.15) is 22.7 Å². The molecule has 0 aromatic heterocycles. The van der Waals surface area contributed by atoms with Gasteiger partial charge in [-0.05, 0) is 43.5 Å². The van der Waals surface area contributed by atoms with E-state index in [0.717, 1.165) is 38.0 Å². The minimum absolute atomic E-state index is 0.123. The van der Waals surface area contributed by atoms with Crippen molar-refractivity contribution in [1.29, 1.82) is 0 Å². The van der Waals surface area contributed by atoms with Gasteiger partial charge in [0, 0.05) is 51.0 Å². The normalized spacial score (nSPS) is 16.5. The van der Waals surface area contributed by atoms with Crippen molar-refractivity contribution in [3.05, 3.63) is 52.1 Å². The predicted octanol–water partition coefficient (Wildman–Crippen LogP) is 3.56. The van der Waals surface area contributed by atoms with Crippen LogP contribution in [-0.2, 0) is 0 Å². The summed E-state index contributed by atoms with van der Waals surface area (Å²) < 4.78 is 10.8. The van der Waals surface area contributed by atoms with Crippen LogP contribution in [0, 0.1) is 10.1 Å². The summed E-state index contributed by atoms with van der Waals surface area (Å²) in [4.78, 5) is 30.7. The van der Waals surface area contributed by atoms with Gasteiger partial charge in [-0.3, -0.25) is 14.9 Å². The number of anilines is 2. The van der Waals surface area contributed by atoms with E-state index >= 15 is 0 Å².